The molecule has 7 nitrogen and oxygen atoms in total. The van der Waals surface area contributed by atoms with E-state index in [1.54, 1.807) is 17.6 Å². The molecular weight excluding hydrogens is 406 g/mol. The van der Waals surface area contributed by atoms with Gasteiger partial charge >= 0.3 is 5.97 Å². The second-order valence-corrected chi connectivity index (χ2v) is 9.02. The maximum Gasteiger partial charge on any atom is 0.343 e. The third-order valence-electron chi connectivity index (χ3n) is 7.21. The summed E-state index contributed by atoms with van der Waals surface area (Å²) in [4.78, 5) is 32.9. The number of anilines is 1. The molecule has 7 heteroatoms. The second-order valence-electron chi connectivity index (χ2n) is 9.02. The highest BCUT2D eigenvalue weighted by Gasteiger charge is 2.45. The summed E-state index contributed by atoms with van der Waals surface area (Å²) < 4.78 is 6.82. The normalized spacial score (nSPS) is 21.8. The van der Waals surface area contributed by atoms with Crippen molar-refractivity contribution in [2.75, 3.05) is 18.0 Å². The van der Waals surface area contributed by atoms with Crippen LogP contribution in [0, 0.1) is 0 Å². The standard InChI is InChI=1S/C25H25N3O4/c1-2-25(31)19-12-21-22-16(13-28(21)23(29)18(19)14-32-24(25)30)10-15-11-17(6-7-20(15)26-22)27-8-4-3-5-9-27/h6-7,10-12,31H,2-5,8-9,13-14H2,1H3/t25-/m0/s1. The molecule has 0 spiro atoms. The number of rotatable bonds is 2. The van der Waals surface area contributed by atoms with E-state index in [4.69, 9.17) is 9.72 Å². The number of carbonyl (C=O) groups excluding carboxylic acids is 1. The maximum absolute atomic E-state index is 13.3. The summed E-state index contributed by atoms with van der Waals surface area (Å²) in [6.07, 6.45) is 3.87. The molecule has 0 radical (unpaired) electrons. The van der Waals surface area contributed by atoms with E-state index in [0.29, 0.717) is 23.4 Å². The van der Waals surface area contributed by atoms with Crippen LogP contribution in [-0.4, -0.2) is 33.7 Å². The Bertz CT molecular complexity index is 1340. The lowest BCUT2D eigenvalue weighted by Gasteiger charge is -2.31. The molecule has 3 aromatic rings. The molecule has 1 fully saturated rings. The van der Waals surface area contributed by atoms with E-state index in [1.165, 1.54) is 24.9 Å². The van der Waals surface area contributed by atoms with Gasteiger partial charge in [0.05, 0.1) is 29.0 Å². The Balaban J connectivity index is 1.49. The van der Waals surface area contributed by atoms with E-state index in [0.717, 1.165) is 35.2 Å². The predicted octanol–water partition coefficient (Wildman–Crippen LogP) is 3.07. The summed E-state index contributed by atoms with van der Waals surface area (Å²) in [5, 5.41) is 12.0. The zero-order chi connectivity index (χ0) is 22.0. The summed E-state index contributed by atoms with van der Waals surface area (Å²) in [7, 11) is 0. The van der Waals surface area contributed by atoms with Gasteiger partial charge in [-0.25, -0.2) is 9.78 Å². The van der Waals surface area contributed by atoms with Crippen LogP contribution in [0.4, 0.5) is 5.69 Å². The summed E-state index contributed by atoms with van der Waals surface area (Å²) in [6.45, 7) is 4.18. The van der Waals surface area contributed by atoms with Crippen molar-refractivity contribution in [3.63, 3.8) is 0 Å². The molecule has 0 unspecified atom stereocenters. The first-order valence-corrected chi connectivity index (χ1v) is 11.4. The Labute approximate surface area is 185 Å². The lowest BCUT2D eigenvalue weighted by atomic mass is 9.86. The number of fused-ring (bicyclic) bond motifs is 5. The first kappa shape index (κ1) is 19.5. The van der Waals surface area contributed by atoms with Crippen LogP contribution in [-0.2, 0) is 28.3 Å². The van der Waals surface area contributed by atoms with Gasteiger partial charge in [0, 0.05) is 35.3 Å². The van der Waals surface area contributed by atoms with Gasteiger partial charge in [-0.3, -0.25) is 4.79 Å². The summed E-state index contributed by atoms with van der Waals surface area (Å²) >= 11 is 0. The van der Waals surface area contributed by atoms with Crippen LogP contribution < -0.4 is 10.5 Å². The molecule has 0 aliphatic carbocycles. The van der Waals surface area contributed by atoms with Crippen LogP contribution in [0.15, 0.2) is 35.1 Å². The number of piperidine rings is 1. The molecule has 1 N–H and O–H groups in total. The van der Waals surface area contributed by atoms with Gasteiger partial charge in [-0.1, -0.05) is 6.92 Å². The summed E-state index contributed by atoms with van der Waals surface area (Å²) in [6, 6.07) is 10.2. The number of nitrogens with zero attached hydrogens (tertiary/aromatic N) is 3. The van der Waals surface area contributed by atoms with Crippen molar-refractivity contribution in [2.45, 2.75) is 51.4 Å². The number of benzene rings is 1. The third kappa shape index (κ3) is 2.67. The summed E-state index contributed by atoms with van der Waals surface area (Å²) in [5.74, 6) is -0.702. The topological polar surface area (TPSA) is 84.7 Å². The van der Waals surface area contributed by atoms with Crippen molar-refractivity contribution in [3.05, 3.63) is 57.4 Å². The van der Waals surface area contributed by atoms with E-state index in [9.17, 15) is 14.7 Å². The molecule has 3 aliphatic heterocycles. The number of cyclic esters (lactones) is 1. The van der Waals surface area contributed by atoms with Gasteiger partial charge in [-0.15, -0.1) is 0 Å². The Morgan fingerprint density at radius 2 is 1.94 bits per heavy atom. The zero-order valence-corrected chi connectivity index (χ0v) is 18.1. The SMILES string of the molecule is CC[C@@]1(O)C(=O)OCc2c1cc1n(c2=O)Cc2cc3cc(N4CCCCC4)ccc3nc2-1. The number of ether oxygens (including phenoxy) is 1. The molecular formula is C25H25N3O4. The van der Waals surface area contributed by atoms with Crippen LogP contribution in [0.5, 0.6) is 0 Å². The molecule has 164 valence electrons. The number of esters is 1. The number of hydrogen-bond donors (Lipinski definition) is 1. The Morgan fingerprint density at radius 3 is 2.72 bits per heavy atom. The molecule has 2 aromatic heterocycles. The van der Waals surface area contributed by atoms with Crippen LogP contribution >= 0.6 is 0 Å². The molecule has 3 aliphatic rings. The van der Waals surface area contributed by atoms with Crippen molar-refractivity contribution in [1.29, 1.82) is 0 Å². The molecule has 1 saturated heterocycles. The van der Waals surface area contributed by atoms with Gasteiger partial charge < -0.3 is 19.3 Å². The van der Waals surface area contributed by atoms with Gasteiger partial charge in [-0.2, -0.15) is 0 Å². The number of pyridine rings is 2. The highest BCUT2D eigenvalue weighted by Crippen LogP contribution is 2.39. The van der Waals surface area contributed by atoms with Gasteiger partial charge in [0.25, 0.3) is 5.56 Å². The minimum Gasteiger partial charge on any atom is -0.458 e. The lowest BCUT2D eigenvalue weighted by Crippen LogP contribution is -2.44. The van der Waals surface area contributed by atoms with Crippen LogP contribution in [0.2, 0.25) is 0 Å². The fraction of sp³-hybridized carbons (Fsp3) is 0.400. The molecule has 0 amide bonds. The van der Waals surface area contributed by atoms with Gasteiger partial charge in [0.2, 0.25) is 0 Å². The minimum atomic E-state index is -1.80. The van der Waals surface area contributed by atoms with Crippen LogP contribution in [0.25, 0.3) is 22.3 Å². The zero-order valence-electron chi connectivity index (χ0n) is 18.1. The number of hydrogen-bond acceptors (Lipinski definition) is 6. The number of aliphatic hydroxyl groups is 1. The quantitative estimate of drug-likeness (QED) is 0.491. The van der Waals surface area contributed by atoms with Gasteiger partial charge in [0.15, 0.2) is 5.60 Å². The van der Waals surface area contributed by atoms with Gasteiger partial charge in [-0.05, 0) is 56.0 Å². The largest absolute Gasteiger partial charge is 0.458 e. The van der Waals surface area contributed by atoms with Crippen molar-refractivity contribution >= 4 is 22.6 Å². The van der Waals surface area contributed by atoms with Crippen LogP contribution in [0.1, 0.15) is 49.3 Å². The third-order valence-corrected chi connectivity index (χ3v) is 7.21. The van der Waals surface area contributed by atoms with Crippen molar-refractivity contribution in [1.82, 2.24) is 9.55 Å². The van der Waals surface area contributed by atoms with E-state index in [-0.39, 0.29) is 18.6 Å². The molecule has 32 heavy (non-hydrogen) atoms. The van der Waals surface area contributed by atoms with E-state index >= 15 is 0 Å². The van der Waals surface area contributed by atoms with E-state index < -0.39 is 11.6 Å². The molecule has 6 rings (SSSR count). The van der Waals surface area contributed by atoms with E-state index in [2.05, 4.69) is 23.1 Å². The molecule has 5 heterocycles. The van der Waals surface area contributed by atoms with Gasteiger partial charge in [0.1, 0.15) is 6.61 Å². The van der Waals surface area contributed by atoms with Crippen molar-refractivity contribution in [3.8, 4) is 11.4 Å². The first-order valence-electron chi connectivity index (χ1n) is 11.4. The smallest absolute Gasteiger partial charge is 0.343 e. The van der Waals surface area contributed by atoms with Crippen LogP contribution in [0.3, 0.4) is 0 Å². The average Bonchev–Trinajstić information content (AvgIpc) is 3.18. The highest BCUT2D eigenvalue weighted by atomic mass is 16.6. The van der Waals surface area contributed by atoms with Crippen molar-refractivity contribution < 1.29 is 14.6 Å². The summed E-state index contributed by atoms with van der Waals surface area (Å²) in [5.41, 5.74) is 3.11. The monoisotopic (exact) mass is 431 g/mol. The fourth-order valence-corrected chi connectivity index (χ4v) is 5.32. The molecule has 0 saturated carbocycles. The Morgan fingerprint density at radius 1 is 1.12 bits per heavy atom. The minimum absolute atomic E-state index is 0.111. The number of aromatic nitrogens is 2. The molecule has 1 aromatic carbocycles. The first-order chi connectivity index (χ1) is 15.5. The number of carbonyl (C=O) groups is 1. The Hall–Kier alpha value is -3.19. The maximum atomic E-state index is 13.3. The fourth-order valence-electron chi connectivity index (χ4n) is 5.32. The highest BCUT2D eigenvalue weighted by molar-refractivity contribution is 5.88. The Kier molecular flexibility index (Phi) is 4.21. The molecule has 1 atom stereocenters. The molecule has 0 bridgehead atoms. The van der Waals surface area contributed by atoms with E-state index in [1.807, 2.05) is 6.07 Å². The second kappa shape index (κ2) is 6.90. The average molecular weight is 431 g/mol. The lowest BCUT2D eigenvalue weighted by molar-refractivity contribution is -0.172. The van der Waals surface area contributed by atoms with Crippen molar-refractivity contribution in [2.24, 2.45) is 0 Å². The predicted molar refractivity (Wildman–Crippen MR) is 121 cm³/mol.